The van der Waals surface area contributed by atoms with Crippen molar-refractivity contribution in [1.82, 2.24) is 0 Å². The lowest BCUT2D eigenvalue weighted by atomic mass is 9.97. The predicted molar refractivity (Wildman–Crippen MR) is 61.5 cm³/mol. The maximum Gasteiger partial charge on any atom is 0.161 e. The van der Waals surface area contributed by atoms with Crippen LogP contribution in [0.15, 0.2) is 30.3 Å². The zero-order chi connectivity index (χ0) is 14.2. The molecule has 0 saturated carbocycles. The summed E-state index contributed by atoms with van der Waals surface area (Å²) in [4.78, 5) is 0. The summed E-state index contributed by atoms with van der Waals surface area (Å²) in [5.74, 6) is -4.31. The molecule has 100 valence electrons. The van der Waals surface area contributed by atoms with Gasteiger partial charge in [0, 0.05) is 11.6 Å². The number of halogens is 4. The van der Waals surface area contributed by atoms with Gasteiger partial charge in [0.05, 0.1) is 0 Å². The highest BCUT2D eigenvalue weighted by molar-refractivity contribution is 5.36. The maximum atomic E-state index is 13.5. The molecule has 1 atom stereocenters. The van der Waals surface area contributed by atoms with Gasteiger partial charge in [-0.15, -0.1) is 0 Å². The van der Waals surface area contributed by atoms with Crippen LogP contribution in [0, 0.1) is 30.2 Å². The molecule has 5 heteroatoms. The van der Waals surface area contributed by atoms with Gasteiger partial charge < -0.3 is 5.11 Å². The lowest BCUT2D eigenvalue weighted by Gasteiger charge is -2.15. The molecule has 0 aliphatic carbocycles. The summed E-state index contributed by atoms with van der Waals surface area (Å²) in [6, 6.07) is 4.54. The first kappa shape index (κ1) is 13.5. The van der Waals surface area contributed by atoms with Gasteiger partial charge in [-0.25, -0.2) is 17.6 Å². The second kappa shape index (κ2) is 5.01. The van der Waals surface area contributed by atoms with Crippen LogP contribution in [0.3, 0.4) is 0 Å². The van der Waals surface area contributed by atoms with Crippen LogP contribution in [-0.4, -0.2) is 5.11 Å². The van der Waals surface area contributed by atoms with Crippen molar-refractivity contribution in [1.29, 1.82) is 0 Å². The minimum atomic E-state index is -1.56. The van der Waals surface area contributed by atoms with E-state index in [4.69, 9.17) is 0 Å². The standard InChI is InChI=1S/C14H10F4O/c1-7-2-3-8(15)4-9(7)14(19)10-5-12(17)13(18)6-11(10)16/h2-6,14,19H,1H3. The third-order valence-electron chi connectivity index (χ3n) is 2.87. The fraction of sp³-hybridized carbons (Fsp3) is 0.143. The largest absolute Gasteiger partial charge is 0.384 e. The molecule has 0 heterocycles. The van der Waals surface area contributed by atoms with Crippen molar-refractivity contribution in [2.45, 2.75) is 13.0 Å². The van der Waals surface area contributed by atoms with Crippen LogP contribution in [0.1, 0.15) is 22.8 Å². The predicted octanol–water partition coefficient (Wildman–Crippen LogP) is 3.63. The zero-order valence-electron chi connectivity index (χ0n) is 9.92. The van der Waals surface area contributed by atoms with Crippen molar-refractivity contribution in [2.24, 2.45) is 0 Å². The molecule has 1 nitrogen and oxygen atoms in total. The highest BCUT2D eigenvalue weighted by Crippen LogP contribution is 2.28. The molecule has 19 heavy (non-hydrogen) atoms. The second-order valence-corrected chi connectivity index (χ2v) is 4.19. The Hall–Kier alpha value is -1.88. The van der Waals surface area contributed by atoms with Gasteiger partial charge in [0.1, 0.15) is 17.7 Å². The number of rotatable bonds is 2. The van der Waals surface area contributed by atoms with Gasteiger partial charge in [-0.3, -0.25) is 0 Å². The molecule has 0 spiro atoms. The van der Waals surface area contributed by atoms with Crippen molar-refractivity contribution in [3.8, 4) is 0 Å². The lowest BCUT2D eigenvalue weighted by Crippen LogP contribution is -2.06. The van der Waals surface area contributed by atoms with E-state index in [0.29, 0.717) is 17.7 Å². The number of aryl methyl sites for hydroxylation is 1. The molecule has 0 fully saturated rings. The van der Waals surface area contributed by atoms with E-state index in [0.717, 1.165) is 6.07 Å². The summed E-state index contributed by atoms with van der Waals surface area (Å²) < 4.78 is 52.6. The topological polar surface area (TPSA) is 20.2 Å². The number of benzene rings is 2. The number of hydrogen-bond acceptors (Lipinski definition) is 1. The van der Waals surface area contributed by atoms with Crippen molar-refractivity contribution >= 4 is 0 Å². The summed E-state index contributed by atoms with van der Waals surface area (Å²) in [7, 11) is 0. The van der Waals surface area contributed by atoms with E-state index in [2.05, 4.69) is 0 Å². The SMILES string of the molecule is Cc1ccc(F)cc1C(O)c1cc(F)c(F)cc1F. The van der Waals surface area contributed by atoms with Gasteiger partial charge in [-0.1, -0.05) is 6.07 Å². The third-order valence-corrected chi connectivity index (χ3v) is 2.87. The van der Waals surface area contributed by atoms with E-state index in [9.17, 15) is 22.7 Å². The highest BCUT2D eigenvalue weighted by atomic mass is 19.2. The van der Waals surface area contributed by atoms with Gasteiger partial charge in [0.25, 0.3) is 0 Å². The maximum absolute atomic E-state index is 13.5. The van der Waals surface area contributed by atoms with Gasteiger partial charge in [0.15, 0.2) is 11.6 Å². The van der Waals surface area contributed by atoms with Gasteiger partial charge in [-0.2, -0.15) is 0 Å². The van der Waals surface area contributed by atoms with Crippen LogP contribution >= 0.6 is 0 Å². The Kier molecular flexibility index (Phi) is 3.57. The Balaban J connectivity index is 2.52. The van der Waals surface area contributed by atoms with Crippen LogP contribution in [0.2, 0.25) is 0 Å². The lowest BCUT2D eigenvalue weighted by molar-refractivity contribution is 0.212. The van der Waals surface area contributed by atoms with E-state index >= 15 is 0 Å². The first-order chi connectivity index (χ1) is 8.90. The number of aliphatic hydroxyl groups excluding tert-OH is 1. The summed E-state index contributed by atoms with van der Waals surface area (Å²) in [6.45, 7) is 1.59. The van der Waals surface area contributed by atoms with Crippen LogP contribution in [-0.2, 0) is 0 Å². The molecule has 0 aliphatic rings. The van der Waals surface area contributed by atoms with E-state index in [1.807, 2.05) is 0 Å². The van der Waals surface area contributed by atoms with Crippen molar-refractivity contribution in [2.75, 3.05) is 0 Å². The Morgan fingerprint density at radius 2 is 1.47 bits per heavy atom. The number of aliphatic hydroxyl groups is 1. The molecular formula is C14H10F4O. The number of hydrogen-bond donors (Lipinski definition) is 1. The van der Waals surface area contributed by atoms with Crippen LogP contribution in [0.4, 0.5) is 17.6 Å². The van der Waals surface area contributed by atoms with Gasteiger partial charge >= 0.3 is 0 Å². The third kappa shape index (κ3) is 2.61. The first-order valence-corrected chi connectivity index (χ1v) is 5.48. The van der Waals surface area contributed by atoms with E-state index < -0.39 is 34.9 Å². The molecule has 0 bridgehead atoms. The molecule has 1 N–H and O–H groups in total. The summed E-state index contributed by atoms with van der Waals surface area (Å²) in [5, 5.41) is 10.00. The molecule has 0 aliphatic heterocycles. The normalized spacial score (nSPS) is 12.5. The smallest absolute Gasteiger partial charge is 0.161 e. The minimum absolute atomic E-state index is 0.102. The van der Waals surface area contributed by atoms with Gasteiger partial charge in [0.2, 0.25) is 0 Å². The van der Waals surface area contributed by atoms with Gasteiger partial charge in [-0.05, 0) is 36.2 Å². The zero-order valence-corrected chi connectivity index (χ0v) is 9.92. The fourth-order valence-corrected chi connectivity index (χ4v) is 1.82. The summed E-state index contributed by atoms with van der Waals surface area (Å²) >= 11 is 0. The molecule has 2 rings (SSSR count). The van der Waals surface area contributed by atoms with Crippen molar-refractivity contribution < 1.29 is 22.7 Å². The first-order valence-electron chi connectivity index (χ1n) is 5.48. The molecule has 0 saturated heterocycles. The van der Waals surface area contributed by atoms with Crippen LogP contribution in [0.5, 0.6) is 0 Å². The molecule has 2 aromatic carbocycles. The molecule has 2 aromatic rings. The fourth-order valence-electron chi connectivity index (χ4n) is 1.82. The van der Waals surface area contributed by atoms with E-state index in [1.165, 1.54) is 12.1 Å². The second-order valence-electron chi connectivity index (χ2n) is 4.19. The Bertz CT molecular complexity index is 625. The monoisotopic (exact) mass is 270 g/mol. The Morgan fingerprint density at radius 1 is 0.842 bits per heavy atom. The van der Waals surface area contributed by atoms with Crippen molar-refractivity contribution in [3.05, 3.63) is 70.3 Å². The highest BCUT2D eigenvalue weighted by Gasteiger charge is 2.20. The molecule has 0 amide bonds. The van der Waals surface area contributed by atoms with Crippen LogP contribution in [0.25, 0.3) is 0 Å². The summed E-state index contributed by atoms with van der Waals surface area (Å²) in [6.07, 6.45) is -1.56. The molecular weight excluding hydrogens is 260 g/mol. The molecule has 0 radical (unpaired) electrons. The average Bonchev–Trinajstić information content (AvgIpc) is 2.36. The molecule has 0 aromatic heterocycles. The van der Waals surface area contributed by atoms with E-state index in [-0.39, 0.29) is 5.56 Å². The Morgan fingerprint density at radius 3 is 2.16 bits per heavy atom. The van der Waals surface area contributed by atoms with E-state index in [1.54, 1.807) is 6.92 Å². The minimum Gasteiger partial charge on any atom is -0.384 e. The quantitative estimate of drug-likeness (QED) is 0.652. The average molecular weight is 270 g/mol. The summed E-state index contributed by atoms with van der Waals surface area (Å²) in [5.41, 5.74) is 0.176. The van der Waals surface area contributed by atoms with Crippen LogP contribution < -0.4 is 0 Å². The Labute approximate surface area is 107 Å². The van der Waals surface area contributed by atoms with Crippen molar-refractivity contribution in [3.63, 3.8) is 0 Å². The molecule has 1 unspecified atom stereocenters.